The number of thioether (sulfide) groups is 1. The standard InChI is InChI=1S/C19H23NO5S/c1-19(2)8-7-13-15(19)14(18(22)23)17(26-13)20-16(21)10-5-6-11(24-3)12(9-10)25-4/h5-6,9,13,15H,7-8H2,1-4H3,(H,20,21)(H,22,23). The second kappa shape index (κ2) is 6.87. The molecule has 2 unspecified atom stereocenters. The van der Waals surface area contributed by atoms with Gasteiger partial charge in [-0.1, -0.05) is 13.8 Å². The highest BCUT2D eigenvalue weighted by Gasteiger charge is 2.51. The third-order valence-corrected chi connectivity index (χ3v) is 6.58. The van der Waals surface area contributed by atoms with Gasteiger partial charge in [-0.3, -0.25) is 4.79 Å². The number of amides is 1. The van der Waals surface area contributed by atoms with Gasteiger partial charge in [0.05, 0.1) is 24.8 Å². The maximum absolute atomic E-state index is 12.7. The van der Waals surface area contributed by atoms with Crippen LogP contribution in [0, 0.1) is 11.3 Å². The maximum atomic E-state index is 12.7. The normalized spacial score (nSPS) is 23.5. The summed E-state index contributed by atoms with van der Waals surface area (Å²) in [5, 5.41) is 13.2. The Hall–Kier alpha value is -2.15. The first-order chi connectivity index (χ1) is 12.3. The molecule has 2 aliphatic rings. The zero-order valence-corrected chi connectivity index (χ0v) is 16.1. The van der Waals surface area contributed by atoms with E-state index in [1.807, 2.05) is 0 Å². The van der Waals surface area contributed by atoms with Crippen molar-refractivity contribution in [3.05, 3.63) is 34.4 Å². The summed E-state index contributed by atoms with van der Waals surface area (Å²) in [5.74, 6) is -0.385. The molecule has 7 heteroatoms. The number of carbonyl (C=O) groups is 2. The van der Waals surface area contributed by atoms with Crippen molar-refractivity contribution in [1.82, 2.24) is 5.32 Å². The summed E-state index contributed by atoms with van der Waals surface area (Å²) in [7, 11) is 3.03. The third kappa shape index (κ3) is 3.16. The van der Waals surface area contributed by atoms with Crippen LogP contribution >= 0.6 is 11.8 Å². The lowest BCUT2D eigenvalue weighted by atomic mass is 9.77. The Kier molecular flexibility index (Phi) is 4.92. The van der Waals surface area contributed by atoms with Crippen LogP contribution in [0.5, 0.6) is 11.5 Å². The quantitative estimate of drug-likeness (QED) is 0.819. The minimum absolute atomic E-state index is 0.0503. The van der Waals surface area contributed by atoms with Crippen molar-refractivity contribution in [1.29, 1.82) is 0 Å². The summed E-state index contributed by atoms with van der Waals surface area (Å²) >= 11 is 1.47. The van der Waals surface area contributed by atoms with Crippen molar-refractivity contribution in [2.75, 3.05) is 14.2 Å². The van der Waals surface area contributed by atoms with Crippen molar-refractivity contribution >= 4 is 23.6 Å². The number of hydrogen-bond donors (Lipinski definition) is 2. The number of carbonyl (C=O) groups excluding carboxylic acids is 1. The number of carboxylic acid groups (broad SMARTS) is 1. The number of methoxy groups -OCH3 is 2. The zero-order chi connectivity index (χ0) is 19.1. The monoisotopic (exact) mass is 377 g/mol. The summed E-state index contributed by atoms with van der Waals surface area (Å²) in [4.78, 5) is 24.6. The first-order valence-electron chi connectivity index (χ1n) is 8.46. The van der Waals surface area contributed by atoms with E-state index in [2.05, 4.69) is 19.2 Å². The van der Waals surface area contributed by atoms with E-state index in [1.165, 1.54) is 26.0 Å². The largest absolute Gasteiger partial charge is 0.493 e. The molecule has 1 aliphatic carbocycles. The molecule has 1 aliphatic heterocycles. The number of hydrogen-bond acceptors (Lipinski definition) is 5. The summed E-state index contributed by atoms with van der Waals surface area (Å²) in [6, 6.07) is 4.86. The Morgan fingerprint density at radius 3 is 2.54 bits per heavy atom. The average Bonchev–Trinajstić information content (AvgIpc) is 3.11. The van der Waals surface area contributed by atoms with Gasteiger partial charge in [0.15, 0.2) is 11.5 Å². The molecule has 1 saturated carbocycles. The van der Waals surface area contributed by atoms with Crippen molar-refractivity contribution < 1.29 is 24.2 Å². The molecule has 6 nitrogen and oxygen atoms in total. The highest BCUT2D eigenvalue weighted by molar-refractivity contribution is 8.04. The van der Waals surface area contributed by atoms with Gasteiger partial charge in [-0.2, -0.15) is 0 Å². The van der Waals surface area contributed by atoms with Gasteiger partial charge >= 0.3 is 5.97 Å². The van der Waals surface area contributed by atoms with Gasteiger partial charge in [0.25, 0.3) is 5.91 Å². The van der Waals surface area contributed by atoms with Crippen LogP contribution in [0.15, 0.2) is 28.8 Å². The number of ether oxygens (including phenoxy) is 2. The van der Waals surface area contributed by atoms with E-state index in [-0.39, 0.29) is 22.5 Å². The fourth-order valence-electron chi connectivity index (χ4n) is 3.88. The van der Waals surface area contributed by atoms with Crippen LogP contribution in [0.3, 0.4) is 0 Å². The molecule has 0 bridgehead atoms. The number of benzene rings is 1. The second-order valence-corrected chi connectivity index (χ2v) is 8.48. The third-order valence-electron chi connectivity index (χ3n) is 5.21. The van der Waals surface area contributed by atoms with Crippen LogP contribution in [0.4, 0.5) is 0 Å². The highest BCUT2D eigenvalue weighted by atomic mass is 32.2. The van der Waals surface area contributed by atoms with E-state index in [0.717, 1.165) is 12.8 Å². The molecule has 0 spiro atoms. The minimum Gasteiger partial charge on any atom is -0.493 e. The number of carboxylic acids is 1. The van der Waals surface area contributed by atoms with Crippen molar-refractivity contribution in [3.63, 3.8) is 0 Å². The molecular formula is C19H23NO5S. The maximum Gasteiger partial charge on any atom is 0.334 e. The Bertz CT molecular complexity index is 786. The SMILES string of the molecule is COc1ccc(C(=O)NC2=C(C(=O)O)C3C(CCC3(C)C)S2)cc1OC. The average molecular weight is 377 g/mol. The second-order valence-electron chi connectivity index (χ2n) is 7.23. The Balaban J connectivity index is 1.89. The predicted octanol–water partition coefficient (Wildman–Crippen LogP) is 3.28. The molecule has 2 N–H and O–H groups in total. The molecule has 1 heterocycles. The molecule has 0 saturated heterocycles. The van der Waals surface area contributed by atoms with Crippen LogP contribution < -0.4 is 14.8 Å². The van der Waals surface area contributed by atoms with Crippen LogP contribution in [-0.4, -0.2) is 36.5 Å². The van der Waals surface area contributed by atoms with Gasteiger partial charge in [0, 0.05) is 16.7 Å². The summed E-state index contributed by atoms with van der Waals surface area (Å²) in [5.41, 5.74) is 0.634. The number of fused-ring (bicyclic) bond motifs is 1. The lowest BCUT2D eigenvalue weighted by Gasteiger charge is -2.26. The summed E-state index contributed by atoms with van der Waals surface area (Å²) in [6.07, 6.45) is 1.94. The van der Waals surface area contributed by atoms with E-state index in [9.17, 15) is 14.7 Å². The first-order valence-corrected chi connectivity index (χ1v) is 9.34. The van der Waals surface area contributed by atoms with Crippen molar-refractivity contribution in [2.24, 2.45) is 11.3 Å². The highest BCUT2D eigenvalue weighted by Crippen LogP contribution is 2.57. The van der Waals surface area contributed by atoms with E-state index in [1.54, 1.807) is 18.2 Å². The smallest absolute Gasteiger partial charge is 0.334 e. The molecular weight excluding hydrogens is 354 g/mol. The molecule has 3 rings (SSSR count). The molecule has 1 aromatic rings. The molecule has 26 heavy (non-hydrogen) atoms. The van der Waals surface area contributed by atoms with Crippen LogP contribution in [-0.2, 0) is 4.79 Å². The lowest BCUT2D eigenvalue weighted by Crippen LogP contribution is -2.28. The van der Waals surface area contributed by atoms with Crippen LogP contribution in [0.25, 0.3) is 0 Å². The molecule has 140 valence electrons. The van der Waals surface area contributed by atoms with Gasteiger partial charge < -0.3 is 19.9 Å². The number of aliphatic carboxylic acids is 1. The molecule has 1 amide bonds. The summed E-state index contributed by atoms with van der Waals surface area (Å²) < 4.78 is 10.4. The lowest BCUT2D eigenvalue weighted by molar-refractivity contribution is -0.133. The van der Waals surface area contributed by atoms with Gasteiger partial charge in [-0.05, 0) is 36.5 Å². The van der Waals surface area contributed by atoms with Gasteiger partial charge in [-0.15, -0.1) is 11.8 Å². The van der Waals surface area contributed by atoms with Gasteiger partial charge in [0.1, 0.15) is 0 Å². The number of rotatable bonds is 5. The predicted molar refractivity (Wildman–Crippen MR) is 99.6 cm³/mol. The first kappa shape index (κ1) is 18.6. The Labute approximate surface area is 156 Å². The van der Waals surface area contributed by atoms with E-state index >= 15 is 0 Å². The fourth-order valence-corrected chi connectivity index (χ4v) is 5.55. The molecule has 2 atom stereocenters. The Morgan fingerprint density at radius 1 is 1.23 bits per heavy atom. The number of nitrogens with one attached hydrogen (secondary N) is 1. The zero-order valence-electron chi connectivity index (χ0n) is 15.3. The Morgan fingerprint density at radius 2 is 1.92 bits per heavy atom. The van der Waals surface area contributed by atoms with Gasteiger partial charge in [-0.25, -0.2) is 4.79 Å². The van der Waals surface area contributed by atoms with Gasteiger partial charge in [0.2, 0.25) is 0 Å². The minimum atomic E-state index is -0.956. The van der Waals surface area contributed by atoms with Crippen molar-refractivity contribution in [3.8, 4) is 11.5 Å². The summed E-state index contributed by atoms with van der Waals surface area (Å²) in [6.45, 7) is 4.19. The fraction of sp³-hybridized carbons (Fsp3) is 0.474. The van der Waals surface area contributed by atoms with Crippen molar-refractivity contribution in [2.45, 2.75) is 31.9 Å². The van der Waals surface area contributed by atoms with E-state index in [0.29, 0.717) is 27.7 Å². The molecule has 0 radical (unpaired) electrons. The molecule has 1 fully saturated rings. The molecule has 1 aromatic carbocycles. The van der Waals surface area contributed by atoms with Crippen LogP contribution in [0.1, 0.15) is 37.0 Å². The topological polar surface area (TPSA) is 84.9 Å². The van der Waals surface area contributed by atoms with E-state index in [4.69, 9.17) is 9.47 Å². The molecule has 0 aromatic heterocycles. The van der Waals surface area contributed by atoms with Crippen LogP contribution in [0.2, 0.25) is 0 Å². The van der Waals surface area contributed by atoms with E-state index < -0.39 is 5.97 Å².